The number of carbonyl (C=O) groups excluding carboxylic acids is 1. The van der Waals surface area contributed by atoms with E-state index in [-0.39, 0.29) is 12.3 Å². The highest BCUT2D eigenvalue weighted by molar-refractivity contribution is 6.08. The summed E-state index contributed by atoms with van der Waals surface area (Å²) in [6, 6.07) is 13.1. The average Bonchev–Trinajstić information content (AvgIpc) is 2.58. The number of carbonyl (C=O) groups is 2. The molecule has 128 valence electrons. The fourth-order valence-electron chi connectivity index (χ4n) is 2.81. The summed E-state index contributed by atoms with van der Waals surface area (Å²) in [5.41, 5.74) is 5.68. The van der Waals surface area contributed by atoms with Crippen LogP contribution in [0, 0.1) is 13.8 Å². The van der Waals surface area contributed by atoms with Gasteiger partial charge in [-0.15, -0.1) is 0 Å². The van der Waals surface area contributed by atoms with E-state index in [1.54, 1.807) is 24.3 Å². The van der Waals surface area contributed by atoms with Crippen molar-refractivity contribution in [2.24, 2.45) is 5.10 Å². The lowest BCUT2D eigenvalue weighted by atomic mass is 9.99. The smallest absolute Gasteiger partial charge is 0.307 e. The molecule has 0 atom stereocenters. The Morgan fingerprint density at radius 2 is 1.80 bits per heavy atom. The van der Waals surface area contributed by atoms with Crippen LogP contribution in [0.5, 0.6) is 0 Å². The maximum atomic E-state index is 12.3. The van der Waals surface area contributed by atoms with Gasteiger partial charge in [0.25, 0.3) is 0 Å². The Morgan fingerprint density at radius 1 is 1.08 bits per heavy atom. The number of carboxylic acids is 1. The summed E-state index contributed by atoms with van der Waals surface area (Å²) >= 11 is 0. The van der Waals surface area contributed by atoms with E-state index in [0.29, 0.717) is 24.1 Å². The van der Waals surface area contributed by atoms with Gasteiger partial charge < -0.3 is 5.11 Å². The molecular formula is C20H20N2O3. The van der Waals surface area contributed by atoms with Gasteiger partial charge in [-0.05, 0) is 54.3 Å². The lowest BCUT2D eigenvalue weighted by Crippen LogP contribution is -2.31. The van der Waals surface area contributed by atoms with Crippen molar-refractivity contribution in [1.29, 1.82) is 0 Å². The summed E-state index contributed by atoms with van der Waals surface area (Å²) in [7, 11) is 0. The van der Waals surface area contributed by atoms with Crippen LogP contribution in [0.25, 0.3) is 0 Å². The Balaban J connectivity index is 1.90. The molecule has 0 radical (unpaired) electrons. The molecule has 0 unspecified atom stereocenters. The molecule has 5 nitrogen and oxygen atoms in total. The van der Waals surface area contributed by atoms with Gasteiger partial charge in [-0.1, -0.05) is 24.3 Å². The van der Waals surface area contributed by atoms with E-state index < -0.39 is 5.97 Å². The summed E-state index contributed by atoms with van der Waals surface area (Å²) in [4.78, 5) is 23.1. The van der Waals surface area contributed by atoms with E-state index >= 15 is 0 Å². The molecule has 0 spiro atoms. The number of hydrazone groups is 1. The fourth-order valence-corrected chi connectivity index (χ4v) is 2.81. The second kappa shape index (κ2) is 6.89. The maximum absolute atomic E-state index is 12.3. The molecule has 0 aromatic heterocycles. The summed E-state index contributed by atoms with van der Waals surface area (Å²) in [6.07, 6.45) is 0.989. The van der Waals surface area contributed by atoms with Gasteiger partial charge in [-0.25, -0.2) is 5.01 Å². The molecule has 0 saturated heterocycles. The third kappa shape index (κ3) is 3.76. The Labute approximate surface area is 146 Å². The van der Waals surface area contributed by atoms with E-state index in [9.17, 15) is 9.59 Å². The van der Waals surface area contributed by atoms with Crippen LogP contribution in [-0.2, 0) is 16.0 Å². The largest absolute Gasteiger partial charge is 0.481 e. The third-order valence-electron chi connectivity index (χ3n) is 4.41. The van der Waals surface area contributed by atoms with Crippen LogP contribution in [0.3, 0.4) is 0 Å². The van der Waals surface area contributed by atoms with Crippen molar-refractivity contribution in [3.63, 3.8) is 0 Å². The van der Waals surface area contributed by atoms with E-state index in [1.807, 2.05) is 6.07 Å². The number of benzene rings is 2. The van der Waals surface area contributed by atoms with Crippen LogP contribution >= 0.6 is 0 Å². The first-order valence-corrected chi connectivity index (χ1v) is 8.23. The van der Waals surface area contributed by atoms with Crippen molar-refractivity contribution in [2.75, 3.05) is 5.01 Å². The SMILES string of the molecule is Cc1ccc(C2=NN(c3ccc(CC(=O)O)cc3)C(=O)CC2)cc1C. The second-order valence-corrected chi connectivity index (χ2v) is 6.29. The van der Waals surface area contributed by atoms with Crippen molar-refractivity contribution in [1.82, 2.24) is 0 Å². The predicted molar refractivity (Wildman–Crippen MR) is 97.0 cm³/mol. The summed E-state index contributed by atoms with van der Waals surface area (Å²) < 4.78 is 0. The standard InChI is InChI=1S/C20H20N2O3/c1-13-3-6-16(11-14(13)2)18-9-10-19(23)22(21-18)17-7-4-15(5-8-17)12-20(24)25/h3-8,11H,9-10,12H2,1-2H3,(H,24,25). The van der Waals surface area contributed by atoms with Crippen LogP contribution in [0.1, 0.15) is 35.1 Å². The van der Waals surface area contributed by atoms with E-state index in [2.05, 4.69) is 31.1 Å². The summed E-state index contributed by atoms with van der Waals surface area (Å²) in [5, 5.41) is 14.8. The van der Waals surface area contributed by atoms with Crippen LogP contribution in [-0.4, -0.2) is 22.7 Å². The van der Waals surface area contributed by atoms with Crippen molar-refractivity contribution in [3.05, 3.63) is 64.7 Å². The number of hydrogen-bond acceptors (Lipinski definition) is 3. The molecule has 1 N–H and O–H groups in total. The number of aliphatic carboxylic acids is 1. The minimum atomic E-state index is -0.878. The molecule has 2 aromatic rings. The van der Waals surface area contributed by atoms with Crippen molar-refractivity contribution in [3.8, 4) is 0 Å². The fraction of sp³-hybridized carbons (Fsp3) is 0.250. The van der Waals surface area contributed by atoms with Gasteiger partial charge in [-0.2, -0.15) is 5.10 Å². The van der Waals surface area contributed by atoms with E-state index in [1.165, 1.54) is 16.1 Å². The molecular weight excluding hydrogens is 316 g/mol. The average molecular weight is 336 g/mol. The van der Waals surface area contributed by atoms with Gasteiger partial charge in [0, 0.05) is 12.8 Å². The van der Waals surface area contributed by atoms with Crippen LogP contribution < -0.4 is 5.01 Å². The topological polar surface area (TPSA) is 70.0 Å². The minimum Gasteiger partial charge on any atom is -0.481 e. The van der Waals surface area contributed by atoms with Gasteiger partial charge >= 0.3 is 5.97 Å². The van der Waals surface area contributed by atoms with Crippen molar-refractivity contribution >= 4 is 23.3 Å². The van der Waals surface area contributed by atoms with Crippen molar-refractivity contribution < 1.29 is 14.7 Å². The molecule has 0 aliphatic carbocycles. The highest BCUT2D eigenvalue weighted by Gasteiger charge is 2.23. The number of nitrogens with zero attached hydrogens (tertiary/aromatic N) is 2. The molecule has 5 heteroatoms. The zero-order valence-corrected chi connectivity index (χ0v) is 14.3. The summed E-state index contributed by atoms with van der Waals surface area (Å²) in [5.74, 6) is -0.935. The highest BCUT2D eigenvalue weighted by atomic mass is 16.4. The molecule has 0 saturated carbocycles. The Bertz CT molecular complexity index is 854. The minimum absolute atomic E-state index is 0.0363. The lowest BCUT2D eigenvalue weighted by Gasteiger charge is -2.24. The van der Waals surface area contributed by atoms with Gasteiger partial charge in [-0.3, -0.25) is 9.59 Å². The second-order valence-electron chi connectivity index (χ2n) is 6.29. The highest BCUT2D eigenvalue weighted by Crippen LogP contribution is 2.23. The molecule has 3 rings (SSSR count). The number of carboxylic acid groups (broad SMARTS) is 1. The van der Waals surface area contributed by atoms with Crippen LogP contribution in [0.4, 0.5) is 5.69 Å². The predicted octanol–water partition coefficient (Wildman–Crippen LogP) is 3.46. The van der Waals surface area contributed by atoms with E-state index in [4.69, 9.17) is 5.11 Å². The van der Waals surface area contributed by atoms with Gasteiger partial charge in [0.1, 0.15) is 0 Å². The van der Waals surface area contributed by atoms with Crippen LogP contribution in [0.15, 0.2) is 47.6 Å². The molecule has 0 fully saturated rings. The number of rotatable bonds is 4. The zero-order chi connectivity index (χ0) is 18.0. The van der Waals surface area contributed by atoms with Gasteiger partial charge in [0.2, 0.25) is 5.91 Å². The number of aryl methyl sites for hydroxylation is 2. The monoisotopic (exact) mass is 336 g/mol. The Morgan fingerprint density at radius 3 is 2.44 bits per heavy atom. The first-order chi connectivity index (χ1) is 11.9. The molecule has 25 heavy (non-hydrogen) atoms. The quantitative estimate of drug-likeness (QED) is 0.929. The molecule has 1 aliphatic heterocycles. The van der Waals surface area contributed by atoms with Gasteiger partial charge in [0.05, 0.1) is 17.8 Å². The molecule has 2 aromatic carbocycles. The molecule has 1 heterocycles. The van der Waals surface area contributed by atoms with E-state index in [0.717, 1.165) is 11.3 Å². The van der Waals surface area contributed by atoms with Gasteiger partial charge in [0.15, 0.2) is 0 Å². The van der Waals surface area contributed by atoms with Crippen molar-refractivity contribution in [2.45, 2.75) is 33.1 Å². The summed E-state index contributed by atoms with van der Waals surface area (Å²) in [6.45, 7) is 4.13. The number of anilines is 1. The normalized spacial score (nSPS) is 14.4. The van der Waals surface area contributed by atoms with Crippen LogP contribution in [0.2, 0.25) is 0 Å². The Kier molecular flexibility index (Phi) is 4.65. The maximum Gasteiger partial charge on any atom is 0.307 e. The number of amides is 1. The zero-order valence-electron chi connectivity index (χ0n) is 14.3. The first-order valence-electron chi connectivity index (χ1n) is 8.23. The molecule has 1 aliphatic rings. The first kappa shape index (κ1) is 16.9. The Hall–Kier alpha value is -2.95. The lowest BCUT2D eigenvalue weighted by molar-refractivity contribution is -0.136. The number of hydrogen-bond donors (Lipinski definition) is 1. The molecule has 1 amide bonds. The molecule has 0 bridgehead atoms. The third-order valence-corrected chi connectivity index (χ3v) is 4.41.